The van der Waals surface area contributed by atoms with E-state index in [1.54, 1.807) is 0 Å². The van der Waals surface area contributed by atoms with Gasteiger partial charge in [-0.2, -0.15) is 0 Å². The first kappa shape index (κ1) is 14.0. The first-order chi connectivity index (χ1) is 7.38. The van der Waals surface area contributed by atoms with Gasteiger partial charge in [-0.3, -0.25) is 4.79 Å². The monoisotopic (exact) mass is 289 g/mol. The molecule has 3 heteroatoms. The van der Waals surface area contributed by atoms with E-state index >= 15 is 0 Å². The summed E-state index contributed by atoms with van der Waals surface area (Å²) in [4.78, 5) is 14.2. The fourth-order valence-corrected chi connectivity index (χ4v) is 2.54. The minimum Gasteiger partial charge on any atom is -0.340 e. The van der Waals surface area contributed by atoms with Crippen LogP contribution >= 0.6 is 15.9 Å². The van der Waals surface area contributed by atoms with Crippen LogP contribution in [-0.2, 0) is 4.79 Å². The van der Waals surface area contributed by atoms with Crippen LogP contribution in [-0.4, -0.2) is 28.7 Å². The van der Waals surface area contributed by atoms with Gasteiger partial charge in [-0.1, -0.05) is 22.9 Å². The highest BCUT2D eigenvalue weighted by molar-refractivity contribution is 9.09. The zero-order valence-electron chi connectivity index (χ0n) is 10.9. The molecule has 0 heterocycles. The molecule has 1 aliphatic carbocycles. The highest BCUT2D eigenvalue weighted by atomic mass is 79.9. The van der Waals surface area contributed by atoms with Crippen LogP contribution in [0.3, 0.4) is 0 Å². The molecule has 1 amide bonds. The Labute approximate surface area is 108 Å². The van der Waals surface area contributed by atoms with Crippen LogP contribution in [0.1, 0.15) is 46.5 Å². The molecule has 0 radical (unpaired) electrons. The minimum absolute atomic E-state index is 0.0832. The van der Waals surface area contributed by atoms with E-state index in [2.05, 4.69) is 36.7 Å². The Morgan fingerprint density at radius 1 is 1.31 bits per heavy atom. The summed E-state index contributed by atoms with van der Waals surface area (Å²) in [5.41, 5.74) is -0.0832. The lowest BCUT2D eigenvalue weighted by Crippen LogP contribution is -2.49. The Bertz CT molecular complexity index is 244. The zero-order chi connectivity index (χ0) is 12.3. The van der Waals surface area contributed by atoms with Gasteiger partial charge < -0.3 is 4.90 Å². The topological polar surface area (TPSA) is 20.3 Å². The predicted molar refractivity (Wildman–Crippen MR) is 71.8 cm³/mol. The molecular weight excluding hydrogens is 266 g/mol. The number of halogens is 1. The third-order valence-electron chi connectivity index (χ3n) is 3.93. The van der Waals surface area contributed by atoms with Crippen LogP contribution in [0.25, 0.3) is 0 Å². The molecule has 0 aromatic carbocycles. The molecule has 1 aliphatic rings. The Balaban J connectivity index is 2.57. The second kappa shape index (κ2) is 5.52. The summed E-state index contributed by atoms with van der Waals surface area (Å²) in [7, 11) is 1.93. The van der Waals surface area contributed by atoms with Crippen LogP contribution in [0.15, 0.2) is 0 Å². The van der Waals surface area contributed by atoms with Gasteiger partial charge in [-0.05, 0) is 45.4 Å². The number of carbonyl (C=O) groups is 1. The van der Waals surface area contributed by atoms with Crippen molar-refractivity contribution in [1.29, 1.82) is 0 Å². The van der Waals surface area contributed by atoms with Gasteiger partial charge in [-0.15, -0.1) is 0 Å². The first-order valence-corrected chi connectivity index (χ1v) is 7.34. The lowest BCUT2D eigenvalue weighted by Gasteiger charge is -2.38. The predicted octanol–water partition coefficient (Wildman–Crippen LogP) is 3.44. The molecule has 0 saturated heterocycles. The molecule has 0 N–H and O–H groups in total. The van der Waals surface area contributed by atoms with E-state index in [1.165, 1.54) is 12.8 Å². The van der Waals surface area contributed by atoms with E-state index in [1.807, 2.05) is 11.9 Å². The highest BCUT2D eigenvalue weighted by Gasteiger charge is 2.32. The SMILES string of the molecule is CC1CCC(C(=O)N(C)C(C)(C)CBr)CC1. The molecule has 2 nitrogen and oxygen atoms in total. The first-order valence-electron chi connectivity index (χ1n) is 6.22. The van der Waals surface area contributed by atoms with Crippen LogP contribution in [0.5, 0.6) is 0 Å². The van der Waals surface area contributed by atoms with Gasteiger partial charge in [0.15, 0.2) is 0 Å². The Morgan fingerprint density at radius 2 is 1.81 bits per heavy atom. The highest BCUT2D eigenvalue weighted by Crippen LogP contribution is 2.31. The summed E-state index contributed by atoms with van der Waals surface area (Å²) in [6, 6.07) is 0. The molecule has 0 aliphatic heterocycles. The van der Waals surface area contributed by atoms with E-state index in [4.69, 9.17) is 0 Å². The molecule has 1 saturated carbocycles. The molecule has 94 valence electrons. The smallest absolute Gasteiger partial charge is 0.225 e. The second-order valence-electron chi connectivity index (χ2n) is 5.80. The van der Waals surface area contributed by atoms with Crippen molar-refractivity contribution in [3.8, 4) is 0 Å². The average Bonchev–Trinajstić information content (AvgIpc) is 2.28. The van der Waals surface area contributed by atoms with Crippen molar-refractivity contribution in [2.75, 3.05) is 12.4 Å². The number of carbonyl (C=O) groups excluding carboxylic acids is 1. The van der Waals surface area contributed by atoms with Gasteiger partial charge in [0.25, 0.3) is 0 Å². The summed E-state index contributed by atoms with van der Waals surface area (Å²) in [5, 5.41) is 0.825. The number of hydrogen-bond acceptors (Lipinski definition) is 1. The van der Waals surface area contributed by atoms with Crippen molar-refractivity contribution in [1.82, 2.24) is 4.90 Å². The van der Waals surface area contributed by atoms with Crippen molar-refractivity contribution >= 4 is 21.8 Å². The Kier molecular flexibility index (Phi) is 4.84. The number of nitrogens with zero attached hydrogens (tertiary/aromatic N) is 1. The van der Waals surface area contributed by atoms with E-state index in [0.29, 0.717) is 5.91 Å². The van der Waals surface area contributed by atoms with E-state index in [0.717, 1.165) is 24.1 Å². The molecule has 0 atom stereocenters. The van der Waals surface area contributed by atoms with Crippen molar-refractivity contribution in [2.24, 2.45) is 11.8 Å². The Hall–Kier alpha value is -0.0500. The molecule has 16 heavy (non-hydrogen) atoms. The van der Waals surface area contributed by atoms with Gasteiger partial charge in [-0.25, -0.2) is 0 Å². The fourth-order valence-electron chi connectivity index (χ4n) is 2.17. The van der Waals surface area contributed by atoms with Crippen LogP contribution in [0.2, 0.25) is 0 Å². The van der Waals surface area contributed by atoms with Crippen molar-refractivity contribution in [2.45, 2.75) is 52.0 Å². The summed E-state index contributed by atoms with van der Waals surface area (Å²) in [6.07, 6.45) is 4.56. The largest absolute Gasteiger partial charge is 0.340 e. The molecule has 0 bridgehead atoms. The molecule has 1 rings (SSSR count). The standard InChI is InChI=1S/C13H24BrNO/c1-10-5-7-11(8-6-10)12(16)15(4)13(2,3)9-14/h10-11H,5-9H2,1-4H3. The van der Waals surface area contributed by atoms with E-state index < -0.39 is 0 Å². The lowest BCUT2D eigenvalue weighted by atomic mass is 9.82. The average molecular weight is 290 g/mol. The quantitative estimate of drug-likeness (QED) is 0.729. The van der Waals surface area contributed by atoms with Gasteiger partial charge >= 0.3 is 0 Å². The van der Waals surface area contributed by atoms with Crippen LogP contribution in [0.4, 0.5) is 0 Å². The van der Waals surface area contributed by atoms with E-state index in [9.17, 15) is 4.79 Å². The Morgan fingerprint density at radius 3 is 2.25 bits per heavy atom. The molecule has 0 aromatic rings. The van der Waals surface area contributed by atoms with Gasteiger partial charge in [0.2, 0.25) is 5.91 Å². The van der Waals surface area contributed by atoms with Gasteiger partial charge in [0, 0.05) is 23.8 Å². The second-order valence-corrected chi connectivity index (χ2v) is 6.36. The number of rotatable bonds is 3. The van der Waals surface area contributed by atoms with Gasteiger partial charge in [0.1, 0.15) is 0 Å². The van der Waals surface area contributed by atoms with Crippen molar-refractivity contribution < 1.29 is 4.79 Å². The zero-order valence-corrected chi connectivity index (χ0v) is 12.5. The number of hydrogen-bond donors (Lipinski definition) is 0. The maximum Gasteiger partial charge on any atom is 0.225 e. The third kappa shape index (κ3) is 3.22. The van der Waals surface area contributed by atoms with Crippen molar-refractivity contribution in [3.05, 3.63) is 0 Å². The third-order valence-corrected chi connectivity index (χ3v) is 5.30. The summed E-state index contributed by atoms with van der Waals surface area (Å²) < 4.78 is 0. The molecule has 1 fully saturated rings. The molecule has 0 spiro atoms. The minimum atomic E-state index is -0.0832. The molecule has 0 aromatic heterocycles. The fraction of sp³-hybridized carbons (Fsp3) is 0.923. The number of amides is 1. The van der Waals surface area contributed by atoms with Crippen molar-refractivity contribution in [3.63, 3.8) is 0 Å². The summed E-state index contributed by atoms with van der Waals surface area (Å²) >= 11 is 3.48. The number of alkyl halides is 1. The van der Waals surface area contributed by atoms with Crippen LogP contribution < -0.4 is 0 Å². The van der Waals surface area contributed by atoms with E-state index in [-0.39, 0.29) is 11.5 Å². The summed E-state index contributed by atoms with van der Waals surface area (Å²) in [5.74, 6) is 1.40. The molecular formula is C13H24BrNO. The normalized spacial score (nSPS) is 26.6. The lowest BCUT2D eigenvalue weighted by molar-refractivity contribution is -0.139. The molecule has 0 unspecified atom stereocenters. The van der Waals surface area contributed by atoms with Crippen LogP contribution in [0, 0.1) is 11.8 Å². The maximum atomic E-state index is 12.3. The summed E-state index contributed by atoms with van der Waals surface area (Å²) in [6.45, 7) is 6.49. The maximum absolute atomic E-state index is 12.3. The van der Waals surface area contributed by atoms with Gasteiger partial charge in [0.05, 0.1) is 0 Å².